The minimum atomic E-state index is 0.532. The van der Waals surface area contributed by atoms with E-state index in [-0.39, 0.29) is 0 Å². The first kappa shape index (κ1) is 31.2. The summed E-state index contributed by atoms with van der Waals surface area (Å²) in [5, 5.41) is 11.5. The fourth-order valence-electron chi connectivity index (χ4n) is 9.18. The summed E-state index contributed by atoms with van der Waals surface area (Å²) < 4.78 is 4.24. The van der Waals surface area contributed by atoms with Crippen molar-refractivity contribution in [3.63, 3.8) is 0 Å². The molecule has 0 aliphatic carbocycles. The van der Waals surface area contributed by atoms with Crippen LogP contribution in [0.3, 0.4) is 0 Å². The van der Waals surface area contributed by atoms with Gasteiger partial charge in [-0.05, 0) is 90.6 Å². The second-order valence-electron chi connectivity index (χ2n) is 14.9. The van der Waals surface area contributed by atoms with Gasteiger partial charge in [-0.15, -0.1) is 0 Å². The molecule has 4 heterocycles. The third kappa shape index (κ3) is 4.35. The lowest BCUT2D eigenvalue weighted by Crippen LogP contribution is -2.03. The van der Waals surface area contributed by atoms with Crippen LogP contribution in [0.2, 0.25) is 0 Å². The van der Waals surface area contributed by atoms with E-state index >= 15 is 0 Å². The number of hydrogen-bond donors (Lipinski definition) is 0. The van der Waals surface area contributed by atoms with E-state index in [0.29, 0.717) is 11.8 Å². The second kappa shape index (κ2) is 11.7. The van der Waals surface area contributed by atoms with Gasteiger partial charge in [-0.25, -0.2) is 29.5 Å². The fourth-order valence-corrected chi connectivity index (χ4v) is 9.18. The van der Waals surface area contributed by atoms with Crippen molar-refractivity contribution in [1.29, 1.82) is 0 Å². The van der Waals surface area contributed by atoms with Crippen molar-refractivity contribution in [3.05, 3.63) is 176 Å². The zero-order chi connectivity index (χ0) is 37.9. The number of benzene rings is 9. The van der Waals surface area contributed by atoms with Gasteiger partial charge in [0.25, 0.3) is 0 Å². The highest BCUT2D eigenvalue weighted by Gasteiger charge is 2.21. The van der Waals surface area contributed by atoms with Crippen LogP contribution in [-0.4, -0.2) is 33.9 Å². The average molecular weight is 740 g/mol. The van der Waals surface area contributed by atoms with Gasteiger partial charge in [0.15, 0.2) is 5.82 Å². The number of nitrogens with zero attached hydrogens (tertiary/aromatic N) is 7. The fraction of sp³-hybridized carbons (Fsp3) is 0. The quantitative estimate of drug-likeness (QED) is 0.169. The molecule has 58 heavy (non-hydrogen) atoms. The zero-order valence-corrected chi connectivity index (χ0v) is 30.9. The molecule has 0 radical (unpaired) electrons. The molecule has 0 aliphatic heterocycles. The Morgan fingerprint density at radius 1 is 0.345 bits per heavy atom. The molecule has 0 saturated carbocycles. The minimum absolute atomic E-state index is 0.532. The standard InChI is InChI=1S/C51H29N7/c1-2-16-35-33(14-1)34-15-3-4-17-36(34)40-27-31(24-25-39(35)40)30-12-11-13-32(26-30)49-52-28-41-37-18-5-6-19-38(37)42-29-53-50(56-48(42)47(41)55-49)58-46-23-10-9-22-45(46)57-44-21-8-7-20-43(44)54-51(57)58/h1-29H. The normalized spacial score (nSPS) is 12.1. The molecule has 0 spiro atoms. The number of fused-ring (bicyclic) bond motifs is 17. The first-order valence-corrected chi connectivity index (χ1v) is 19.4. The number of para-hydroxylation sites is 4. The van der Waals surface area contributed by atoms with E-state index in [4.69, 9.17) is 24.9 Å². The summed E-state index contributed by atoms with van der Waals surface area (Å²) >= 11 is 0. The predicted octanol–water partition coefficient (Wildman–Crippen LogP) is 12.3. The van der Waals surface area contributed by atoms with E-state index in [1.165, 1.54) is 32.3 Å². The van der Waals surface area contributed by atoms with Crippen molar-refractivity contribution in [2.75, 3.05) is 0 Å². The average Bonchev–Trinajstić information content (AvgIpc) is 3.83. The first-order chi connectivity index (χ1) is 28.8. The van der Waals surface area contributed by atoms with Crippen LogP contribution in [0.4, 0.5) is 0 Å². The third-order valence-corrected chi connectivity index (χ3v) is 11.8. The Labute approximate surface area is 330 Å². The van der Waals surface area contributed by atoms with Gasteiger partial charge in [0.1, 0.15) is 11.0 Å². The van der Waals surface area contributed by atoms with Crippen molar-refractivity contribution in [2.45, 2.75) is 0 Å². The van der Waals surface area contributed by atoms with Crippen molar-refractivity contribution in [1.82, 2.24) is 33.9 Å². The smallest absolute Gasteiger partial charge is 0.237 e. The lowest BCUT2D eigenvalue weighted by atomic mass is 9.92. The van der Waals surface area contributed by atoms with Gasteiger partial charge in [-0.1, -0.05) is 127 Å². The maximum atomic E-state index is 5.35. The van der Waals surface area contributed by atoms with Crippen LogP contribution in [0.1, 0.15) is 0 Å². The van der Waals surface area contributed by atoms with Crippen molar-refractivity contribution in [3.8, 4) is 28.5 Å². The Kier molecular flexibility index (Phi) is 6.32. The molecule has 0 fully saturated rings. The van der Waals surface area contributed by atoms with Gasteiger partial charge >= 0.3 is 0 Å². The van der Waals surface area contributed by atoms with Gasteiger partial charge in [-0.3, -0.25) is 4.40 Å². The lowest BCUT2D eigenvalue weighted by Gasteiger charge is -2.13. The number of imidazole rings is 2. The molecule has 0 atom stereocenters. The van der Waals surface area contributed by atoms with Gasteiger partial charge in [0.05, 0.1) is 22.1 Å². The molecular formula is C51H29N7. The number of aromatic nitrogens is 7. The van der Waals surface area contributed by atoms with E-state index in [9.17, 15) is 0 Å². The molecule has 13 rings (SSSR count). The minimum Gasteiger partial charge on any atom is -0.276 e. The highest BCUT2D eigenvalue weighted by Crippen LogP contribution is 2.39. The lowest BCUT2D eigenvalue weighted by molar-refractivity contribution is 0.985. The van der Waals surface area contributed by atoms with Crippen LogP contribution in [0.25, 0.3) is 121 Å². The SMILES string of the molecule is c1cc(-c2ccc3c4ccccc4c4ccccc4c3c2)cc(-c2ncc3c4ccccc4c4cnc(-n5c6ccccc6n6c7ccccc7nc56)nc4c3n2)c1. The van der Waals surface area contributed by atoms with Gasteiger partial charge < -0.3 is 0 Å². The number of hydrogen-bond acceptors (Lipinski definition) is 5. The first-order valence-electron chi connectivity index (χ1n) is 19.4. The van der Waals surface area contributed by atoms with E-state index in [1.54, 1.807) is 0 Å². The van der Waals surface area contributed by atoms with Crippen LogP contribution < -0.4 is 0 Å². The monoisotopic (exact) mass is 739 g/mol. The van der Waals surface area contributed by atoms with E-state index in [0.717, 1.165) is 77.1 Å². The van der Waals surface area contributed by atoms with Crippen LogP contribution in [0, 0.1) is 0 Å². The molecule has 0 aliphatic rings. The molecule has 0 amide bonds. The third-order valence-electron chi connectivity index (χ3n) is 11.8. The van der Waals surface area contributed by atoms with E-state index in [2.05, 4.69) is 148 Å². The molecule has 268 valence electrons. The van der Waals surface area contributed by atoms with E-state index in [1.807, 2.05) is 36.7 Å². The largest absolute Gasteiger partial charge is 0.276 e. The van der Waals surface area contributed by atoms with E-state index < -0.39 is 0 Å². The highest BCUT2D eigenvalue weighted by atomic mass is 15.3. The molecule has 7 nitrogen and oxygen atoms in total. The molecule has 0 N–H and O–H groups in total. The summed E-state index contributed by atoms with van der Waals surface area (Å²) in [6, 6.07) is 57.6. The van der Waals surface area contributed by atoms with Crippen LogP contribution in [0.15, 0.2) is 176 Å². The maximum Gasteiger partial charge on any atom is 0.237 e. The molecule has 13 aromatic rings. The van der Waals surface area contributed by atoms with Crippen molar-refractivity contribution < 1.29 is 0 Å². The van der Waals surface area contributed by atoms with Crippen LogP contribution in [0.5, 0.6) is 0 Å². The second-order valence-corrected chi connectivity index (χ2v) is 14.9. The topological polar surface area (TPSA) is 73.8 Å². The van der Waals surface area contributed by atoms with Crippen LogP contribution >= 0.6 is 0 Å². The molecule has 0 unspecified atom stereocenters. The molecule has 0 saturated heterocycles. The van der Waals surface area contributed by atoms with Crippen molar-refractivity contribution in [2.24, 2.45) is 0 Å². The van der Waals surface area contributed by atoms with Gasteiger partial charge in [0, 0.05) is 28.7 Å². The molecule has 7 heteroatoms. The Morgan fingerprint density at radius 3 is 1.60 bits per heavy atom. The Balaban J connectivity index is 1.01. The molecule has 0 bridgehead atoms. The number of rotatable bonds is 3. The summed E-state index contributed by atoms with van der Waals surface area (Å²) in [5.41, 5.74) is 8.68. The van der Waals surface area contributed by atoms with Gasteiger partial charge in [-0.2, -0.15) is 0 Å². The summed E-state index contributed by atoms with van der Waals surface area (Å²) in [7, 11) is 0. The predicted molar refractivity (Wildman–Crippen MR) is 237 cm³/mol. The Hall–Kier alpha value is -8.03. The summed E-state index contributed by atoms with van der Waals surface area (Å²) in [5.74, 6) is 1.93. The summed E-state index contributed by atoms with van der Waals surface area (Å²) in [4.78, 5) is 25.8. The summed E-state index contributed by atoms with van der Waals surface area (Å²) in [6.45, 7) is 0. The molecule has 9 aromatic carbocycles. The summed E-state index contributed by atoms with van der Waals surface area (Å²) in [6.07, 6.45) is 3.88. The zero-order valence-electron chi connectivity index (χ0n) is 30.9. The van der Waals surface area contributed by atoms with Crippen LogP contribution in [-0.2, 0) is 0 Å². The Morgan fingerprint density at radius 2 is 0.879 bits per heavy atom. The molecular weight excluding hydrogens is 711 g/mol. The van der Waals surface area contributed by atoms with Gasteiger partial charge in [0.2, 0.25) is 11.7 Å². The Bertz CT molecular complexity index is 3840. The van der Waals surface area contributed by atoms with Crippen molar-refractivity contribution >= 4 is 92.7 Å². The maximum absolute atomic E-state index is 5.35. The molecule has 4 aromatic heterocycles. The highest BCUT2D eigenvalue weighted by molar-refractivity contribution is 6.26.